The average molecular weight is 194 g/mol. The number of amides is 1. The van der Waals surface area contributed by atoms with Gasteiger partial charge in [-0.3, -0.25) is 4.79 Å². The summed E-state index contributed by atoms with van der Waals surface area (Å²) >= 11 is 0. The molecule has 0 aromatic heterocycles. The minimum absolute atomic E-state index is 0.0527. The third-order valence-electron chi connectivity index (χ3n) is 1.96. The third-order valence-corrected chi connectivity index (χ3v) is 1.96. The van der Waals surface area contributed by atoms with Crippen molar-refractivity contribution in [2.75, 3.05) is 19.6 Å². The van der Waals surface area contributed by atoms with E-state index < -0.39 is 0 Å². The maximum atomic E-state index is 11.6. The Labute approximate surface area is 83.7 Å². The average Bonchev–Trinajstić information content (AvgIpc) is 2.19. The van der Waals surface area contributed by atoms with Crippen LogP contribution in [0.1, 0.15) is 13.3 Å². The van der Waals surface area contributed by atoms with Crippen LogP contribution in [0, 0.1) is 28.6 Å². The van der Waals surface area contributed by atoms with Gasteiger partial charge in [0.1, 0.15) is 13.1 Å². The maximum absolute atomic E-state index is 11.6. The highest BCUT2D eigenvalue weighted by Gasteiger charge is 2.20. The Hall–Kier alpha value is -1.59. The van der Waals surface area contributed by atoms with E-state index in [-0.39, 0.29) is 31.5 Å². The lowest BCUT2D eigenvalue weighted by Gasteiger charge is -2.20. The van der Waals surface area contributed by atoms with Gasteiger partial charge in [0.25, 0.3) is 0 Å². The topological polar surface area (TPSA) is 93.9 Å². The summed E-state index contributed by atoms with van der Waals surface area (Å²) in [6, 6.07) is 3.70. The Morgan fingerprint density at radius 2 is 1.93 bits per heavy atom. The molecule has 1 amide bonds. The van der Waals surface area contributed by atoms with Crippen molar-refractivity contribution < 1.29 is 4.79 Å². The van der Waals surface area contributed by atoms with Gasteiger partial charge in [0, 0.05) is 6.54 Å². The van der Waals surface area contributed by atoms with Crippen LogP contribution in [0.4, 0.5) is 0 Å². The summed E-state index contributed by atoms with van der Waals surface area (Å²) in [6.45, 7) is 2.00. The molecule has 0 saturated carbocycles. The summed E-state index contributed by atoms with van der Waals surface area (Å²) in [4.78, 5) is 12.9. The van der Waals surface area contributed by atoms with Gasteiger partial charge in [-0.25, -0.2) is 0 Å². The molecule has 1 atom stereocenters. The molecular weight excluding hydrogens is 180 g/mol. The molecule has 0 aromatic rings. The van der Waals surface area contributed by atoms with Crippen molar-refractivity contribution in [3.05, 3.63) is 0 Å². The number of hydrogen-bond donors (Lipinski definition) is 1. The quantitative estimate of drug-likeness (QED) is 0.615. The molecule has 0 aliphatic carbocycles. The van der Waals surface area contributed by atoms with Crippen LogP contribution >= 0.6 is 0 Å². The van der Waals surface area contributed by atoms with E-state index in [1.807, 2.05) is 19.1 Å². The zero-order valence-electron chi connectivity index (χ0n) is 8.23. The molecule has 0 aromatic carbocycles. The fourth-order valence-electron chi connectivity index (χ4n) is 1.08. The van der Waals surface area contributed by atoms with Gasteiger partial charge in [0.2, 0.25) is 5.91 Å². The molecule has 2 N–H and O–H groups in total. The molecule has 0 saturated heterocycles. The highest BCUT2D eigenvalue weighted by atomic mass is 16.2. The lowest BCUT2D eigenvalue weighted by molar-refractivity contribution is -0.134. The highest BCUT2D eigenvalue weighted by molar-refractivity contribution is 5.79. The van der Waals surface area contributed by atoms with Gasteiger partial charge < -0.3 is 10.6 Å². The minimum atomic E-state index is -0.281. The van der Waals surface area contributed by atoms with E-state index in [9.17, 15) is 4.79 Å². The van der Waals surface area contributed by atoms with Crippen LogP contribution in [0.3, 0.4) is 0 Å². The van der Waals surface area contributed by atoms with Crippen LogP contribution in [0.2, 0.25) is 0 Å². The fraction of sp³-hybridized carbons (Fsp3) is 0.667. The lowest BCUT2D eigenvalue weighted by atomic mass is 10.1. The molecule has 0 aliphatic rings. The van der Waals surface area contributed by atoms with Crippen LogP contribution in [0.25, 0.3) is 0 Å². The molecule has 5 heteroatoms. The summed E-state index contributed by atoms with van der Waals surface area (Å²) in [7, 11) is 0. The lowest BCUT2D eigenvalue weighted by Crippen LogP contribution is -2.39. The molecule has 1 unspecified atom stereocenters. The molecular formula is C9H14N4O. The fourth-order valence-corrected chi connectivity index (χ4v) is 1.08. The maximum Gasteiger partial charge on any atom is 0.228 e. The van der Waals surface area contributed by atoms with Crippen molar-refractivity contribution in [3.8, 4) is 12.1 Å². The van der Waals surface area contributed by atoms with E-state index >= 15 is 0 Å². The standard InChI is InChI=1S/C9H14N4O/c1-2-8(7-12)9(14)13(5-3-10)6-4-11/h8H,2,5-7,12H2,1H3. The van der Waals surface area contributed by atoms with Crippen molar-refractivity contribution >= 4 is 5.91 Å². The largest absolute Gasteiger partial charge is 0.330 e. The smallest absolute Gasteiger partial charge is 0.228 e. The first-order valence-electron chi connectivity index (χ1n) is 4.44. The summed E-state index contributed by atoms with van der Waals surface area (Å²) in [6.07, 6.45) is 0.628. The van der Waals surface area contributed by atoms with Gasteiger partial charge in [0.05, 0.1) is 18.1 Å². The molecule has 5 nitrogen and oxygen atoms in total. The number of nitrogens with two attached hydrogens (primary N) is 1. The Kier molecular flexibility index (Phi) is 6.09. The first-order chi connectivity index (χ1) is 6.71. The number of carbonyl (C=O) groups is 1. The second kappa shape index (κ2) is 6.88. The van der Waals surface area contributed by atoms with Crippen LogP contribution in [0.15, 0.2) is 0 Å². The van der Waals surface area contributed by atoms with Crippen LogP contribution < -0.4 is 5.73 Å². The van der Waals surface area contributed by atoms with E-state index in [0.29, 0.717) is 6.42 Å². The summed E-state index contributed by atoms with van der Waals surface area (Å²) in [5, 5.41) is 16.9. The first kappa shape index (κ1) is 12.4. The summed E-state index contributed by atoms with van der Waals surface area (Å²) in [5.74, 6) is -0.491. The minimum Gasteiger partial charge on any atom is -0.330 e. The molecule has 14 heavy (non-hydrogen) atoms. The number of carbonyl (C=O) groups excluding carboxylic acids is 1. The second-order valence-corrected chi connectivity index (χ2v) is 2.85. The predicted octanol–water partition coefficient (Wildman–Crippen LogP) is -0.153. The molecule has 0 rings (SSSR count). The monoisotopic (exact) mass is 194 g/mol. The van der Waals surface area contributed by atoms with Crippen molar-refractivity contribution in [1.82, 2.24) is 4.90 Å². The molecule has 76 valence electrons. The molecule has 0 radical (unpaired) electrons. The predicted molar refractivity (Wildman–Crippen MR) is 50.6 cm³/mol. The molecule has 0 fully saturated rings. The number of hydrogen-bond acceptors (Lipinski definition) is 4. The molecule has 0 spiro atoms. The van der Waals surface area contributed by atoms with E-state index in [1.165, 1.54) is 4.90 Å². The number of rotatable bonds is 5. The van der Waals surface area contributed by atoms with Gasteiger partial charge in [-0.05, 0) is 6.42 Å². The van der Waals surface area contributed by atoms with E-state index in [0.717, 1.165) is 0 Å². The zero-order valence-corrected chi connectivity index (χ0v) is 8.23. The summed E-state index contributed by atoms with van der Waals surface area (Å²) < 4.78 is 0. The molecule has 0 bridgehead atoms. The number of nitrogens with zero attached hydrogens (tertiary/aromatic N) is 3. The second-order valence-electron chi connectivity index (χ2n) is 2.85. The van der Waals surface area contributed by atoms with Gasteiger partial charge in [-0.1, -0.05) is 6.92 Å². The van der Waals surface area contributed by atoms with Gasteiger partial charge >= 0.3 is 0 Å². The van der Waals surface area contributed by atoms with Gasteiger partial charge in [0.15, 0.2) is 0 Å². The van der Waals surface area contributed by atoms with Gasteiger partial charge in [-0.2, -0.15) is 10.5 Å². The van der Waals surface area contributed by atoms with Crippen LogP contribution in [-0.4, -0.2) is 30.4 Å². The normalized spacial score (nSPS) is 11.1. The van der Waals surface area contributed by atoms with Crippen molar-refractivity contribution in [1.29, 1.82) is 10.5 Å². The van der Waals surface area contributed by atoms with E-state index in [1.54, 1.807) is 0 Å². The van der Waals surface area contributed by atoms with Crippen molar-refractivity contribution in [2.45, 2.75) is 13.3 Å². The van der Waals surface area contributed by atoms with Crippen LogP contribution in [0.5, 0.6) is 0 Å². The summed E-state index contributed by atoms with van der Waals surface area (Å²) in [5.41, 5.74) is 5.40. The van der Waals surface area contributed by atoms with E-state index in [2.05, 4.69) is 0 Å². The third kappa shape index (κ3) is 3.42. The zero-order chi connectivity index (χ0) is 11.0. The first-order valence-corrected chi connectivity index (χ1v) is 4.44. The Bertz CT molecular complexity index is 243. The van der Waals surface area contributed by atoms with E-state index in [4.69, 9.17) is 16.3 Å². The SMILES string of the molecule is CCC(CN)C(=O)N(CC#N)CC#N. The van der Waals surface area contributed by atoms with Crippen molar-refractivity contribution in [3.63, 3.8) is 0 Å². The Morgan fingerprint density at radius 1 is 1.43 bits per heavy atom. The molecule has 0 heterocycles. The Balaban J connectivity index is 4.43. The van der Waals surface area contributed by atoms with Gasteiger partial charge in [-0.15, -0.1) is 0 Å². The Morgan fingerprint density at radius 3 is 2.21 bits per heavy atom. The highest BCUT2D eigenvalue weighted by Crippen LogP contribution is 2.05. The number of nitriles is 2. The van der Waals surface area contributed by atoms with Crippen molar-refractivity contribution in [2.24, 2.45) is 11.7 Å². The molecule has 0 aliphatic heterocycles. The van der Waals surface area contributed by atoms with Crippen LogP contribution in [-0.2, 0) is 4.79 Å².